The monoisotopic (exact) mass is 260 g/mol. The summed E-state index contributed by atoms with van der Waals surface area (Å²) in [5, 5.41) is 7.32. The summed E-state index contributed by atoms with van der Waals surface area (Å²) in [6.07, 6.45) is 3.73. The summed E-state index contributed by atoms with van der Waals surface area (Å²) in [5.74, 6) is 0. The first-order valence-corrected chi connectivity index (χ1v) is 7.04. The lowest BCUT2D eigenvalue weighted by Gasteiger charge is -2.30. The molecule has 1 fully saturated rings. The summed E-state index contributed by atoms with van der Waals surface area (Å²) < 4.78 is 4.97. The van der Waals surface area contributed by atoms with Crippen LogP contribution in [0.25, 0.3) is 0 Å². The number of hydrogen-bond donors (Lipinski definition) is 3. The van der Waals surface area contributed by atoms with Gasteiger partial charge >= 0.3 is 0 Å². The molecule has 1 aliphatic heterocycles. The second-order valence-electron chi connectivity index (χ2n) is 4.67. The van der Waals surface area contributed by atoms with Crippen LogP contribution in [0.2, 0.25) is 0 Å². The molecule has 0 aliphatic carbocycles. The summed E-state index contributed by atoms with van der Waals surface area (Å²) in [4.78, 5) is 1.74. The Kier molecular flexibility index (Phi) is 7.48. The molecule has 0 aromatic rings. The molecule has 0 unspecified atom stereocenters. The van der Waals surface area contributed by atoms with Gasteiger partial charge in [-0.25, -0.2) is 0 Å². The normalized spacial score (nSPS) is 24.4. The Labute approximate surface area is 110 Å². The van der Waals surface area contributed by atoms with Gasteiger partial charge in [0, 0.05) is 32.5 Å². The van der Waals surface area contributed by atoms with Crippen molar-refractivity contribution in [2.45, 2.75) is 32.2 Å². The molecule has 0 spiro atoms. The van der Waals surface area contributed by atoms with Crippen molar-refractivity contribution in [3.8, 4) is 0 Å². The third-order valence-electron chi connectivity index (χ3n) is 3.22. The average molecular weight is 260 g/mol. The van der Waals surface area contributed by atoms with Gasteiger partial charge in [0.05, 0.1) is 26.2 Å². The number of ether oxygens (including phenoxy) is 1. The molecule has 4 nitrogen and oxygen atoms in total. The fourth-order valence-electron chi connectivity index (χ4n) is 2.28. The number of likely N-dealkylation sites (tertiary alicyclic amines) is 1. The number of thiocarbonyl (C=S) groups is 1. The molecule has 0 aromatic carbocycles. The maximum Gasteiger partial charge on any atom is 0.166 e. The van der Waals surface area contributed by atoms with Crippen LogP contribution in [0, 0.1) is 0 Å². The molecule has 1 aliphatic rings. The molecular formula is C12H26N3OS+. The highest BCUT2D eigenvalue weighted by molar-refractivity contribution is 7.80. The smallest absolute Gasteiger partial charge is 0.166 e. The number of quaternary nitrogens is 1. The zero-order chi connectivity index (χ0) is 12.5. The number of rotatable bonds is 6. The zero-order valence-electron chi connectivity index (χ0n) is 11.1. The highest BCUT2D eigenvalue weighted by Gasteiger charge is 2.21. The van der Waals surface area contributed by atoms with Crippen LogP contribution >= 0.6 is 12.2 Å². The van der Waals surface area contributed by atoms with Gasteiger partial charge in [0.25, 0.3) is 0 Å². The van der Waals surface area contributed by atoms with Crippen LogP contribution in [-0.4, -0.2) is 51.0 Å². The average Bonchev–Trinajstić information content (AvgIpc) is 2.32. The quantitative estimate of drug-likeness (QED) is 0.447. The minimum Gasteiger partial charge on any atom is -0.383 e. The van der Waals surface area contributed by atoms with E-state index in [2.05, 4.69) is 17.6 Å². The lowest BCUT2D eigenvalue weighted by molar-refractivity contribution is -0.905. The maximum atomic E-state index is 5.24. The number of piperidine rings is 1. The molecule has 0 amide bonds. The molecule has 1 heterocycles. The van der Waals surface area contributed by atoms with E-state index in [-0.39, 0.29) is 0 Å². The van der Waals surface area contributed by atoms with E-state index in [9.17, 15) is 0 Å². The minimum atomic E-state index is 0.554. The van der Waals surface area contributed by atoms with Crippen LogP contribution < -0.4 is 15.5 Å². The van der Waals surface area contributed by atoms with Crippen molar-refractivity contribution >= 4 is 17.3 Å². The van der Waals surface area contributed by atoms with Crippen molar-refractivity contribution in [1.82, 2.24) is 10.6 Å². The SMILES string of the molecule is CCC[NH+]1CCC(NC(=S)NCCOC)CC1. The predicted molar refractivity (Wildman–Crippen MR) is 74.5 cm³/mol. The van der Waals surface area contributed by atoms with Crippen LogP contribution in [-0.2, 0) is 4.74 Å². The molecule has 17 heavy (non-hydrogen) atoms. The lowest BCUT2D eigenvalue weighted by atomic mass is 10.1. The Bertz CT molecular complexity index is 218. The second kappa shape index (κ2) is 8.66. The third kappa shape index (κ3) is 6.19. The standard InChI is InChI=1S/C12H25N3OS/c1-3-7-15-8-4-11(5-9-15)14-12(17)13-6-10-16-2/h11H,3-10H2,1-2H3,(H2,13,14,17)/p+1. The van der Waals surface area contributed by atoms with E-state index in [1.54, 1.807) is 12.0 Å². The third-order valence-corrected chi connectivity index (χ3v) is 3.49. The molecule has 1 saturated heterocycles. The van der Waals surface area contributed by atoms with Crippen LogP contribution in [0.1, 0.15) is 26.2 Å². The Morgan fingerprint density at radius 2 is 2.12 bits per heavy atom. The van der Waals surface area contributed by atoms with Gasteiger partial charge in [0.15, 0.2) is 5.11 Å². The summed E-state index contributed by atoms with van der Waals surface area (Å²) in [6.45, 7) is 7.58. The van der Waals surface area contributed by atoms with Crippen molar-refractivity contribution in [3.05, 3.63) is 0 Å². The first kappa shape index (κ1) is 14.7. The Morgan fingerprint density at radius 3 is 2.71 bits per heavy atom. The van der Waals surface area contributed by atoms with Crippen molar-refractivity contribution in [1.29, 1.82) is 0 Å². The highest BCUT2D eigenvalue weighted by Crippen LogP contribution is 1.99. The highest BCUT2D eigenvalue weighted by atomic mass is 32.1. The fraction of sp³-hybridized carbons (Fsp3) is 0.917. The molecule has 0 atom stereocenters. The Balaban J connectivity index is 2.10. The Morgan fingerprint density at radius 1 is 1.41 bits per heavy atom. The van der Waals surface area contributed by atoms with Crippen LogP contribution in [0.3, 0.4) is 0 Å². The number of hydrogen-bond acceptors (Lipinski definition) is 2. The van der Waals surface area contributed by atoms with E-state index < -0.39 is 0 Å². The molecule has 0 saturated carbocycles. The fourth-order valence-corrected chi connectivity index (χ4v) is 2.55. The van der Waals surface area contributed by atoms with Crippen LogP contribution in [0.15, 0.2) is 0 Å². The first-order chi connectivity index (χ1) is 8.26. The van der Waals surface area contributed by atoms with Crippen molar-refractivity contribution < 1.29 is 9.64 Å². The Hall–Kier alpha value is -0.390. The molecule has 0 bridgehead atoms. The minimum absolute atomic E-state index is 0.554. The maximum absolute atomic E-state index is 5.24. The summed E-state index contributed by atoms with van der Waals surface area (Å²) >= 11 is 5.24. The molecule has 0 radical (unpaired) electrons. The van der Waals surface area contributed by atoms with Crippen LogP contribution in [0.4, 0.5) is 0 Å². The van der Waals surface area contributed by atoms with E-state index in [0.717, 1.165) is 11.7 Å². The van der Waals surface area contributed by atoms with E-state index in [1.165, 1.54) is 38.9 Å². The van der Waals surface area contributed by atoms with Gasteiger partial charge in [0.2, 0.25) is 0 Å². The number of methoxy groups -OCH3 is 1. The second-order valence-corrected chi connectivity index (χ2v) is 5.08. The zero-order valence-corrected chi connectivity index (χ0v) is 11.9. The van der Waals surface area contributed by atoms with E-state index in [4.69, 9.17) is 17.0 Å². The van der Waals surface area contributed by atoms with Gasteiger partial charge in [-0.3, -0.25) is 0 Å². The van der Waals surface area contributed by atoms with Crippen LogP contribution in [0.5, 0.6) is 0 Å². The van der Waals surface area contributed by atoms with Crippen molar-refractivity contribution in [2.75, 3.05) is 39.9 Å². The van der Waals surface area contributed by atoms with E-state index in [0.29, 0.717) is 12.6 Å². The van der Waals surface area contributed by atoms with Gasteiger partial charge in [-0.05, 0) is 18.6 Å². The van der Waals surface area contributed by atoms with Gasteiger partial charge in [-0.2, -0.15) is 0 Å². The predicted octanol–water partition coefficient (Wildman–Crippen LogP) is -0.446. The van der Waals surface area contributed by atoms with E-state index in [1.807, 2.05) is 0 Å². The largest absolute Gasteiger partial charge is 0.383 e. The molecule has 5 heteroatoms. The molecule has 0 aromatic heterocycles. The van der Waals surface area contributed by atoms with Crippen molar-refractivity contribution in [2.24, 2.45) is 0 Å². The van der Waals surface area contributed by atoms with Crippen molar-refractivity contribution in [3.63, 3.8) is 0 Å². The van der Waals surface area contributed by atoms with Gasteiger partial charge in [-0.1, -0.05) is 6.92 Å². The number of nitrogens with one attached hydrogen (secondary N) is 3. The summed E-state index contributed by atoms with van der Waals surface area (Å²) in [5.41, 5.74) is 0. The summed E-state index contributed by atoms with van der Waals surface area (Å²) in [7, 11) is 1.70. The molecule has 3 N–H and O–H groups in total. The molecule has 100 valence electrons. The van der Waals surface area contributed by atoms with Gasteiger partial charge < -0.3 is 20.3 Å². The van der Waals surface area contributed by atoms with Gasteiger partial charge in [0.1, 0.15) is 0 Å². The topological polar surface area (TPSA) is 37.7 Å². The molecule has 1 rings (SSSR count). The summed E-state index contributed by atoms with van der Waals surface area (Å²) in [6, 6.07) is 0.554. The first-order valence-electron chi connectivity index (χ1n) is 6.63. The lowest BCUT2D eigenvalue weighted by Crippen LogP contribution is -3.13. The van der Waals surface area contributed by atoms with Gasteiger partial charge in [-0.15, -0.1) is 0 Å². The molecular weight excluding hydrogens is 234 g/mol. The van der Waals surface area contributed by atoms with E-state index >= 15 is 0 Å².